The second kappa shape index (κ2) is 4.34. The van der Waals surface area contributed by atoms with Gasteiger partial charge in [0.25, 0.3) is 0 Å². The smallest absolute Gasteiger partial charge is 0.335 e. The Morgan fingerprint density at radius 3 is 2.69 bits per heavy atom. The zero-order valence-corrected chi connectivity index (χ0v) is 8.16. The van der Waals surface area contributed by atoms with Crippen molar-refractivity contribution in [2.75, 3.05) is 33.4 Å². The first-order chi connectivity index (χ1) is 6.00. The molecule has 0 aromatic carbocycles. The van der Waals surface area contributed by atoms with Crippen LogP contribution in [-0.2, 0) is 19.8 Å². The van der Waals surface area contributed by atoms with Gasteiger partial charge >= 0.3 is 10.3 Å². The van der Waals surface area contributed by atoms with Crippen molar-refractivity contribution in [2.45, 2.75) is 6.10 Å². The van der Waals surface area contributed by atoms with Crippen molar-refractivity contribution in [3.05, 3.63) is 0 Å². The molecule has 0 aliphatic carbocycles. The Kier molecular flexibility index (Phi) is 3.63. The summed E-state index contributed by atoms with van der Waals surface area (Å²) in [6.07, 6.45) is -0.291. The summed E-state index contributed by atoms with van der Waals surface area (Å²) in [7, 11) is -2.82. The lowest BCUT2D eigenvalue weighted by atomic mass is 10.3. The molecule has 6 nitrogen and oxygen atoms in total. The average molecular weight is 211 g/mol. The van der Waals surface area contributed by atoms with E-state index in [0.29, 0.717) is 19.8 Å². The number of ether oxygens (including phenoxy) is 2. The van der Waals surface area contributed by atoms with Crippen molar-refractivity contribution in [3.8, 4) is 0 Å². The van der Waals surface area contributed by atoms with Crippen molar-refractivity contribution < 1.29 is 22.4 Å². The van der Waals surface area contributed by atoms with Crippen molar-refractivity contribution in [2.24, 2.45) is 0 Å². The summed E-state index contributed by atoms with van der Waals surface area (Å²) in [5.41, 5.74) is 0. The fourth-order valence-electron chi connectivity index (χ4n) is 1.02. The van der Waals surface area contributed by atoms with Crippen LogP contribution in [0.5, 0.6) is 0 Å². The molecule has 78 valence electrons. The number of rotatable bonds is 3. The standard InChI is InChI=1S/C6H13NO5S/c1-7(13(8,9)10)4-6-5-11-2-3-12-6/h6H,2-5H2,1H3,(H,8,9,10). The molecular weight excluding hydrogens is 198 g/mol. The minimum atomic E-state index is -4.10. The summed E-state index contributed by atoms with van der Waals surface area (Å²) >= 11 is 0. The summed E-state index contributed by atoms with van der Waals surface area (Å²) in [6, 6.07) is 0. The molecule has 1 heterocycles. The maximum absolute atomic E-state index is 10.6. The monoisotopic (exact) mass is 211 g/mol. The van der Waals surface area contributed by atoms with Gasteiger partial charge in [-0.3, -0.25) is 4.55 Å². The SMILES string of the molecule is CN(CC1COCCO1)S(=O)(=O)O. The van der Waals surface area contributed by atoms with Gasteiger partial charge < -0.3 is 9.47 Å². The number of hydrogen-bond acceptors (Lipinski definition) is 4. The van der Waals surface area contributed by atoms with Gasteiger partial charge in [-0.15, -0.1) is 0 Å². The predicted octanol–water partition coefficient (Wildman–Crippen LogP) is -0.864. The van der Waals surface area contributed by atoms with E-state index in [-0.39, 0.29) is 12.6 Å². The van der Waals surface area contributed by atoms with Crippen LogP contribution in [0.15, 0.2) is 0 Å². The Morgan fingerprint density at radius 1 is 1.54 bits per heavy atom. The molecule has 1 unspecified atom stereocenters. The second-order valence-corrected chi connectivity index (χ2v) is 4.35. The second-order valence-electron chi connectivity index (χ2n) is 2.83. The van der Waals surface area contributed by atoms with Crippen molar-refractivity contribution in [3.63, 3.8) is 0 Å². The van der Waals surface area contributed by atoms with Crippen molar-refractivity contribution in [1.29, 1.82) is 0 Å². The third-order valence-electron chi connectivity index (χ3n) is 1.74. The van der Waals surface area contributed by atoms with Crippen LogP contribution in [0.1, 0.15) is 0 Å². The average Bonchev–Trinajstić information content (AvgIpc) is 2.04. The van der Waals surface area contributed by atoms with Crippen LogP contribution in [0.3, 0.4) is 0 Å². The molecule has 7 heteroatoms. The molecule has 0 bridgehead atoms. The highest BCUT2D eigenvalue weighted by molar-refractivity contribution is 7.83. The van der Waals surface area contributed by atoms with Gasteiger partial charge in [0.2, 0.25) is 0 Å². The fraction of sp³-hybridized carbons (Fsp3) is 1.00. The molecule has 0 radical (unpaired) electrons. The van der Waals surface area contributed by atoms with E-state index >= 15 is 0 Å². The fourth-order valence-corrected chi connectivity index (χ4v) is 1.38. The quantitative estimate of drug-likeness (QED) is 0.614. The summed E-state index contributed by atoms with van der Waals surface area (Å²) in [4.78, 5) is 0. The highest BCUT2D eigenvalue weighted by atomic mass is 32.2. The van der Waals surface area contributed by atoms with Gasteiger partial charge in [-0.05, 0) is 0 Å². The molecular formula is C6H13NO5S. The third kappa shape index (κ3) is 3.57. The zero-order valence-electron chi connectivity index (χ0n) is 7.34. The lowest BCUT2D eigenvalue weighted by Gasteiger charge is -2.25. The highest BCUT2D eigenvalue weighted by Gasteiger charge is 2.21. The van der Waals surface area contributed by atoms with E-state index < -0.39 is 10.3 Å². The van der Waals surface area contributed by atoms with Crippen LogP contribution in [0.2, 0.25) is 0 Å². The van der Waals surface area contributed by atoms with Crippen molar-refractivity contribution in [1.82, 2.24) is 4.31 Å². The molecule has 1 atom stereocenters. The Hall–Kier alpha value is -0.210. The van der Waals surface area contributed by atoms with Crippen LogP contribution < -0.4 is 0 Å². The van der Waals surface area contributed by atoms with Gasteiger partial charge in [0.15, 0.2) is 0 Å². The summed E-state index contributed by atoms with van der Waals surface area (Å²) in [5, 5.41) is 0. The first-order valence-electron chi connectivity index (χ1n) is 3.88. The minimum absolute atomic E-state index is 0.110. The van der Waals surface area contributed by atoms with Gasteiger partial charge in [-0.25, -0.2) is 0 Å². The summed E-state index contributed by atoms with van der Waals surface area (Å²) < 4.78 is 40.9. The molecule has 0 aromatic heterocycles. The Labute approximate surface area is 77.3 Å². The molecule has 0 spiro atoms. The molecule has 1 aliphatic rings. The van der Waals surface area contributed by atoms with Crippen LogP contribution >= 0.6 is 0 Å². The number of likely N-dealkylation sites (N-methyl/N-ethyl adjacent to an activating group) is 1. The topological polar surface area (TPSA) is 76.1 Å². The Balaban J connectivity index is 2.39. The minimum Gasteiger partial charge on any atom is -0.376 e. The van der Waals surface area contributed by atoms with Gasteiger partial charge in [0, 0.05) is 13.6 Å². The number of nitrogens with zero attached hydrogens (tertiary/aromatic N) is 1. The van der Waals surface area contributed by atoms with E-state index in [1.54, 1.807) is 0 Å². The molecule has 1 rings (SSSR count). The van der Waals surface area contributed by atoms with Gasteiger partial charge in [0.05, 0.1) is 25.9 Å². The Morgan fingerprint density at radius 2 is 2.23 bits per heavy atom. The van der Waals surface area contributed by atoms with Gasteiger partial charge in [-0.2, -0.15) is 12.7 Å². The number of hydrogen-bond donors (Lipinski definition) is 1. The van der Waals surface area contributed by atoms with E-state index in [4.69, 9.17) is 14.0 Å². The summed E-state index contributed by atoms with van der Waals surface area (Å²) in [5.74, 6) is 0. The van der Waals surface area contributed by atoms with E-state index in [9.17, 15) is 8.42 Å². The van der Waals surface area contributed by atoms with Crippen LogP contribution in [-0.4, -0.2) is 56.8 Å². The predicted molar refractivity (Wildman–Crippen MR) is 44.7 cm³/mol. The normalized spacial score (nSPS) is 25.0. The molecule has 0 amide bonds. The van der Waals surface area contributed by atoms with Crippen LogP contribution in [0.25, 0.3) is 0 Å². The van der Waals surface area contributed by atoms with Crippen LogP contribution in [0, 0.1) is 0 Å². The van der Waals surface area contributed by atoms with E-state index in [1.807, 2.05) is 0 Å². The first kappa shape index (κ1) is 10.9. The Bertz CT molecular complexity index is 246. The maximum atomic E-state index is 10.6. The van der Waals surface area contributed by atoms with E-state index in [0.717, 1.165) is 4.31 Å². The van der Waals surface area contributed by atoms with Crippen LogP contribution in [0.4, 0.5) is 0 Å². The largest absolute Gasteiger partial charge is 0.376 e. The maximum Gasteiger partial charge on any atom is 0.335 e. The lowest BCUT2D eigenvalue weighted by molar-refractivity contribution is -0.0912. The molecule has 1 saturated heterocycles. The van der Waals surface area contributed by atoms with Gasteiger partial charge in [0.1, 0.15) is 0 Å². The molecule has 1 fully saturated rings. The molecule has 1 N–H and O–H groups in total. The van der Waals surface area contributed by atoms with Crippen molar-refractivity contribution >= 4 is 10.3 Å². The summed E-state index contributed by atoms with van der Waals surface area (Å²) in [6.45, 7) is 1.47. The molecule has 0 aromatic rings. The zero-order chi connectivity index (χ0) is 9.90. The highest BCUT2D eigenvalue weighted by Crippen LogP contribution is 2.04. The first-order valence-corrected chi connectivity index (χ1v) is 5.28. The third-order valence-corrected chi connectivity index (χ3v) is 2.68. The van der Waals surface area contributed by atoms with E-state index in [2.05, 4.69) is 0 Å². The molecule has 1 aliphatic heterocycles. The van der Waals surface area contributed by atoms with E-state index in [1.165, 1.54) is 7.05 Å². The van der Waals surface area contributed by atoms with Gasteiger partial charge in [-0.1, -0.05) is 0 Å². The molecule has 0 saturated carbocycles. The lowest BCUT2D eigenvalue weighted by Crippen LogP contribution is -2.40. The molecule has 13 heavy (non-hydrogen) atoms.